The summed E-state index contributed by atoms with van der Waals surface area (Å²) in [7, 11) is 2.11. The van der Waals surface area contributed by atoms with E-state index < -0.39 is 5.82 Å². The Morgan fingerprint density at radius 3 is 2.63 bits per heavy atom. The summed E-state index contributed by atoms with van der Waals surface area (Å²) in [5, 5.41) is 2.30. The smallest absolute Gasteiger partial charge is 0.141 e. The van der Waals surface area contributed by atoms with Crippen LogP contribution >= 0.6 is 11.6 Å². The number of nitrogens with two attached hydrogens (primary N) is 1. The van der Waals surface area contributed by atoms with Crippen LogP contribution in [-0.4, -0.2) is 49.7 Å². The predicted octanol–water partition coefficient (Wildman–Crippen LogP) is 1.23. The minimum absolute atomic E-state index is 0.0403. The van der Waals surface area contributed by atoms with Crippen molar-refractivity contribution in [2.45, 2.75) is 6.04 Å². The number of halogens is 2. The van der Waals surface area contributed by atoms with Crippen molar-refractivity contribution in [3.63, 3.8) is 0 Å². The average molecular weight is 287 g/mol. The van der Waals surface area contributed by atoms with Gasteiger partial charge in [0, 0.05) is 32.7 Å². The van der Waals surface area contributed by atoms with Gasteiger partial charge in [-0.05, 0) is 24.7 Å². The van der Waals surface area contributed by atoms with Gasteiger partial charge in [-0.2, -0.15) is 0 Å². The molecule has 1 fully saturated rings. The summed E-state index contributed by atoms with van der Waals surface area (Å²) in [5.74, 6) is -0.402. The number of piperazine rings is 1. The molecule has 4 nitrogen and oxygen atoms in total. The monoisotopic (exact) mass is 286 g/mol. The van der Waals surface area contributed by atoms with Crippen LogP contribution in [0.25, 0.3) is 0 Å². The third kappa shape index (κ3) is 3.87. The lowest BCUT2D eigenvalue weighted by molar-refractivity contribution is 0.0880. The van der Waals surface area contributed by atoms with Crippen LogP contribution in [0.1, 0.15) is 11.6 Å². The van der Waals surface area contributed by atoms with E-state index in [4.69, 9.17) is 17.3 Å². The van der Waals surface area contributed by atoms with Crippen LogP contribution in [0.5, 0.6) is 0 Å². The summed E-state index contributed by atoms with van der Waals surface area (Å²) in [4.78, 5) is 2.28. The Morgan fingerprint density at radius 2 is 2.05 bits per heavy atom. The third-order valence-electron chi connectivity index (χ3n) is 3.42. The minimum atomic E-state index is -0.402. The fourth-order valence-electron chi connectivity index (χ4n) is 2.15. The highest BCUT2D eigenvalue weighted by atomic mass is 35.5. The van der Waals surface area contributed by atoms with Crippen LogP contribution in [0.15, 0.2) is 18.2 Å². The summed E-state index contributed by atoms with van der Waals surface area (Å²) in [6, 6.07) is 4.70. The maximum atomic E-state index is 13.2. The lowest BCUT2D eigenvalue weighted by Crippen LogP contribution is -2.52. The van der Waals surface area contributed by atoms with Gasteiger partial charge in [0.15, 0.2) is 0 Å². The van der Waals surface area contributed by atoms with Crippen molar-refractivity contribution in [2.24, 2.45) is 5.73 Å². The van der Waals surface area contributed by atoms with Crippen LogP contribution in [0.3, 0.4) is 0 Å². The minimum Gasteiger partial charge on any atom is -0.329 e. The van der Waals surface area contributed by atoms with Gasteiger partial charge in [0.2, 0.25) is 0 Å². The van der Waals surface area contributed by atoms with Crippen LogP contribution in [0.4, 0.5) is 4.39 Å². The van der Waals surface area contributed by atoms with E-state index in [1.807, 2.05) is 0 Å². The zero-order valence-electron chi connectivity index (χ0n) is 11.1. The van der Waals surface area contributed by atoms with Crippen molar-refractivity contribution < 1.29 is 4.39 Å². The van der Waals surface area contributed by atoms with E-state index in [9.17, 15) is 4.39 Å². The molecule has 0 bridgehead atoms. The first-order valence-corrected chi connectivity index (χ1v) is 6.82. The molecule has 1 aliphatic heterocycles. The van der Waals surface area contributed by atoms with Crippen molar-refractivity contribution in [3.05, 3.63) is 34.6 Å². The molecule has 0 aromatic heterocycles. The van der Waals surface area contributed by atoms with E-state index in [0.29, 0.717) is 6.54 Å². The molecular weight excluding hydrogens is 267 g/mol. The summed E-state index contributed by atoms with van der Waals surface area (Å²) in [5.41, 5.74) is 10.1. The van der Waals surface area contributed by atoms with Gasteiger partial charge in [0.25, 0.3) is 0 Å². The van der Waals surface area contributed by atoms with E-state index in [1.54, 1.807) is 12.1 Å². The second-order valence-corrected chi connectivity index (χ2v) is 5.29. The van der Waals surface area contributed by atoms with Gasteiger partial charge in [-0.25, -0.2) is 14.8 Å². The first-order valence-electron chi connectivity index (χ1n) is 6.45. The highest BCUT2D eigenvalue weighted by Gasteiger charge is 2.18. The molecule has 0 spiro atoms. The van der Waals surface area contributed by atoms with Gasteiger partial charge in [-0.1, -0.05) is 17.7 Å². The van der Waals surface area contributed by atoms with Crippen LogP contribution in [0.2, 0.25) is 5.02 Å². The van der Waals surface area contributed by atoms with Crippen molar-refractivity contribution in [3.8, 4) is 0 Å². The molecule has 0 radical (unpaired) electrons. The van der Waals surface area contributed by atoms with E-state index in [2.05, 4.69) is 22.4 Å². The first-order chi connectivity index (χ1) is 9.10. The largest absolute Gasteiger partial charge is 0.329 e. The number of benzene rings is 1. The summed E-state index contributed by atoms with van der Waals surface area (Å²) in [6.45, 7) is 4.38. The standard InChI is InChI=1S/C13H20ClFN4/c1-18-4-6-19(7-5-18)17-13(9-16)10-2-3-12(15)11(14)8-10/h2-3,8,13,17H,4-7,9,16H2,1H3. The molecule has 6 heteroatoms. The van der Waals surface area contributed by atoms with Crippen molar-refractivity contribution >= 4 is 11.6 Å². The quantitative estimate of drug-likeness (QED) is 0.874. The number of nitrogens with zero attached hydrogens (tertiary/aromatic N) is 2. The lowest BCUT2D eigenvalue weighted by atomic mass is 10.1. The Morgan fingerprint density at radius 1 is 1.37 bits per heavy atom. The van der Waals surface area contributed by atoms with Gasteiger partial charge in [0.05, 0.1) is 11.1 Å². The van der Waals surface area contributed by atoms with E-state index >= 15 is 0 Å². The number of hydrogen-bond donors (Lipinski definition) is 2. The molecule has 1 heterocycles. The molecule has 1 unspecified atom stereocenters. The Kier molecular flexibility index (Phi) is 5.13. The van der Waals surface area contributed by atoms with Crippen LogP contribution < -0.4 is 11.2 Å². The zero-order chi connectivity index (χ0) is 13.8. The summed E-state index contributed by atoms with van der Waals surface area (Å²) in [6.07, 6.45) is 0. The Hall–Kier alpha value is -0.720. The van der Waals surface area contributed by atoms with E-state index in [0.717, 1.165) is 31.7 Å². The highest BCUT2D eigenvalue weighted by molar-refractivity contribution is 6.30. The Labute approximate surface area is 118 Å². The SMILES string of the molecule is CN1CCN(NC(CN)c2ccc(F)c(Cl)c2)CC1. The number of nitrogens with one attached hydrogen (secondary N) is 1. The highest BCUT2D eigenvalue weighted by Crippen LogP contribution is 2.20. The number of hydrazine groups is 1. The van der Waals surface area contributed by atoms with Crippen LogP contribution in [-0.2, 0) is 0 Å². The van der Waals surface area contributed by atoms with Gasteiger partial charge in [0.1, 0.15) is 5.82 Å². The molecule has 0 aliphatic carbocycles. The fraction of sp³-hybridized carbons (Fsp3) is 0.538. The topological polar surface area (TPSA) is 44.5 Å². The molecular formula is C13H20ClFN4. The predicted molar refractivity (Wildman–Crippen MR) is 75.4 cm³/mol. The second kappa shape index (κ2) is 6.63. The van der Waals surface area contributed by atoms with Crippen molar-refractivity contribution in [1.29, 1.82) is 0 Å². The summed E-state index contributed by atoms with van der Waals surface area (Å²) >= 11 is 5.81. The van der Waals surface area contributed by atoms with E-state index in [1.165, 1.54) is 6.07 Å². The molecule has 0 amide bonds. The fourth-order valence-corrected chi connectivity index (χ4v) is 2.34. The molecule has 1 saturated heterocycles. The normalized spacial score (nSPS) is 19.6. The second-order valence-electron chi connectivity index (χ2n) is 4.88. The first kappa shape index (κ1) is 14.7. The number of likely N-dealkylation sites (N-methyl/N-ethyl adjacent to an activating group) is 1. The van der Waals surface area contributed by atoms with Gasteiger partial charge >= 0.3 is 0 Å². The van der Waals surface area contributed by atoms with Gasteiger partial charge in [-0.15, -0.1) is 0 Å². The van der Waals surface area contributed by atoms with Crippen LogP contribution in [0, 0.1) is 5.82 Å². The maximum absolute atomic E-state index is 13.2. The third-order valence-corrected chi connectivity index (χ3v) is 3.71. The number of rotatable bonds is 4. The average Bonchev–Trinajstić information content (AvgIpc) is 2.41. The molecule has 1 aromatic rings. The summed E-state index contributed by atoms with van der Waals surface area (Å²) < 4.78 is 13.2. The lowest BCUT2D eigenvalue weighted by Gasteiger charge is -2.35. The molecule has 106 valence electrons. The molecule has 1 aromatic carbocycles. The molecule has 2 rings (SSSR count). The number of hydrogen-bond acceptors (Lipinski definition) is 4. The van der Waals surface area contributed by atoms with Gasteiger partial charge < -0.3 is 10.6 Å². The van der Waals surface area contributed by atoms with E-state index in [-0.39, 0.29) is 11.1 Å². The Balaban J connectivity index is 2.01. The maximum Gasteiger partial charge on any atom is 0.141 e. The molecule has 1 atom stereocenters. The Bertz CT molecular complexity index is 421. The molecule has 0 saturated carbocycles. The molecule has 3 N–H and O–H groups in total. The van der Waals surface area contributed by atoms with Crippen molar-refractivity contribution in [1.82, 2.24) is 15.3 Å². The zero-order valence-corrected chi connectivity index (χ0v) is 11.8. The van der Waals surface area contributed by atoms with Crippen molar-refractivity contribution in [2.75, 3.05) is 39.8 Å². The van der Waals surface area contributed by atoms with Gasteiger partial charge in [-0.3, -0.25) is 0 Å². The molecule has 19 heavy (non-hydrogen) atoms. The molecule has 1 aliphatic rings.